The number of aromatic hydroxyl groups is 1. The molecule has 2 heterocycles. The summed E-state index contributed by atoms with van der Waals surface area (Å²) in [5.41, 5.74) is -1.76. The molecule has 146 valence electrons. The molecule has 1 aliphatic heterocycles. The second kappa shape index (κ2) is 6.79. The molecule has 3 amide bonds. The lowest BCUT2D eigenvalue weighted by molar-refractivity contribution is -0.122. The molecule has 0 unspecified atom stereocenters. The quantitative estimate of drug-likeness (QED) is 0.444. The average molecular weight is 416 g/mol. The summed E-state index contributed by atoms with van der Waals surface area (Å²) in [4.78, 5) is 24.2. The van der Waals surface area contributed by atoms with E-state index in [1.807, 2.05) is 0 Å². The van der Waals surface area contributed by atoms with Crippen molar-refractivity contribution in [2.75, 3.05) is 0 Å². The van der Waals surface area contributed by atoms with E-state index < -0.39 is 29.1 Å². The van der Waals surface area contributed by atoms with Crippen molar-refractivity contribution in [3.05, 3.63) is 64.8 Å². The lowest BCUT2D eigenvalue weighted by atomic mass is 9.99. The minimum absolute atomic E-state index is 0.00973. The number of carbonyl (C=O) groups excluding carboxylic acids is 2. The second-order valence-electron chi connectivity index (χ2n) is 6.53. The van der Waals surface area contributed by atoms with Gasteiger partial charge in [-0.05, 0) is 24.3 Å². The molecule has 1 aliphatic rings. The number of benzene rings is 2. The Bertz CT molecular complexity index is 1220. The molecule has 2 aromatic carbocycles. The van der Waals surface area contributed by atoms with Gasteiger partial charge in [0, 0.05) is 33.6 Å². The SMILES string of the molecule is O=C1NC(=O)[C@@](C#Cc2cc(F)cc(F)c2)(Cn2cc3ccc(Cl)cc3c2O)N1. The second-order valence-corrected chi connectivity index (χ2v) is 6.97. The van der Waals surface area contributed by atoms with Crippen LogP contribution in [0.25, 0.3) is 10.8 Å². The Hall–Kier alpha value is -3.57. The number of fused-ring (bicyclic) bond motifs is 1. The fourth-order valence-corrected chi connectivity index (χ4v) is 3.30. The van der Waals surface area contributed by atoms with Crippen LogP contribution >= 0.6 is 11.6 Å². The first kappa shape index (κ1) is 18.8. The Kier molecular flexibility index (Phi) is 4.40. The Morgan fingerprint density at radius 2 is 1.86 bits per heavy atom. The molecule has 9 heteroatoms. The van der Waals surface area contributed by atoms with Crippen LogP contribution < -0.4 is 10.6 Å². The number of hydrogen-bond donors (Lipinski definition) is 3. The molecule has 1 saturated heterocycles. The number of imide groups is 1. The topological polar surface area (TPSA) is 83.4 Å². The molecule has 29 heavy (non-hydrogen) atoms. The van der Waals surface area contributed by atoms with Gasteiger partial charge in [-0.15, -0.1) is 0 Å². The number of rotatable bonds is 2. The Labute approximate surface area is 168 Å². The van der Waals surface area contributed by atoms with E-state index in [-0.39, 0.29) is 18.0 Å². The van der Waals surface area contributed by atoms with E-state index in [1.54, 1.807) is 24.4 Å². The van der Waals surface area contributed by atoms with Gasteiger partial charge in [0.15, 0.2) is 5.88 Å². The molecule has 6 nitrogen and oxygen atoms in total. The van der Waals surface area contributed by atoms with Crippen LogP contribution in [-0.2, 0) is 11.3 Å². The van der Waals surface area contributed by atoms with E-state index >= 15 is 0 Å². The van der Waals surface area contributed by atoms with Crippen LogP contribution in [0, 0.1) is 23.5 Å². The fourth-order valence-electron chi connectivity index (χ4n) is 3.13. The van der Waals surface area contributed by atoms with Crippen molar-refractivity contribution < 1.29 is 23.5 Å². The zero-order valence-electron chi connectivity index (χ0n) is 14.6. The highest BCUT2D eigenvalue weighted by atomic mass is 35.5. The van der Waals surface area contributed by atoms with Crippen LogP contribution in [-0.4, -0.2) is 27.2 Å². The first-order chi connectivity index (χ1) is 13.8. The van der Waals surface area contributed by atoms with Crippen molar-refractivity contribution in [1.82, 2.24) is 15.2 Å². The molecule has 0 radical (unpaired) electrons. The van der Waals surface area contributed by atoms with Gasteiger partial charge in [0.05, 0.1) is 6.54 Å². The third-order valence-electron chi connectivity index (χ3n) is 4.46. The van der Waals surface area contributed by atoms with Crippen LogP contribution in [0.15, 0.2) is 42.6 Å². The summed E-state index contributed by atoms with van der Waals surface area (Å²) in [7, 11) is 0. The molecule has 1 aromatic heterocycles. The summed E-state index contributed by atoms with van der Waals surface area (Å²) >= 11 is 5.96. The smallest absolute Gasteiger partial charge is 0.323 e. The van der Waals surface area contributed by atoms with E-state index in [9.17, 15) is 23.5 Å². The minimum atomic E-state index is -1.75. The zero-order chi connectivity index (χ0) is 20.8. The first-order valence-electron chi connectivity index (χ1n) is 8.36. The van der Waals surface area contributed by atoms with Gasteiger partial charge in [0.25, 0.3) is 5.91 Å². The number of carbonyl (C=O) groups is 2. The van der Waals surface area contributed by atoms with Crippen LogP contribution in [0.4, 0.5) is 13.6 Å². The van der Waals surface area contributed by atoms with Crippen molar-refractivity contribution in [3.8, 4) is 17.7 Å². The standard InChI is InChI=1S/C20H12ClF2N3O3/c21-13-2-1-12-9-26(17(27)16(12)7-13)10-20(18(28)24-19(29)25-20)4-3-11-5-14(22)8-15(23)6-11/h1-2,5-9,27H,10H2,(H2,24,25,28,29)/t20-/m1/s1. The lowest BCUT2D eigenvalue weighted by Gasteiger charge is -2.20. The van der Waals surface area contributed by atoms with Gasteiger partial charge in [-0.3, -0.25) is 10.1 Å². The van der Waals surface area contributed by atoms with Gasteiger partial charge in [0.2, 0.25) is 5.54 Å². The van der Waals surface area contributed by atoms with E-state index in [4.69, 9.17) is 11.6 Å². The molecule has 0 spiro atoms. The number of halogens is 3. The molecule has 3 N–H and O–H groups in total. The van der Waals surface area contributed by atoms with Crippen molar-refractivity contribution in [3.63, 3.8) is 0 Å². The summed E-state index contributed by atoms with van der Waals surface area (Å²) in [6, 6.07) is 6.82. The summed E-state index contributed by atoms with van der Waals surface area (Å²) in [6.07, 6.45) is 1.57. The van der Waals surface area contributed by atoms with Gasteiger partial charge in [-0.25, -0.2) is 13.6 Å². The van der Waals surface area contributed by atoms with Crippen LogP contribution in [0.1, 0.15) is 5.56 Å². The zero-order valence-corrected chi connectivity index (χ0v) is 15.3. The summed E-state index contributed by atoms with van der Waals surface area (Å²) in [6.45, 7) is -0.243. The van der Waals surface area contributed by atoms with Crippen molar-refractivity contribution >= 4 is 34.3 Å². The van der Waals surface area contributed by atoms with Crippen LogP contribution in [0.3, 0.4) is 0 Å². The molecule has 0 saturated carbocycles. The molecule has 4 rings (SSSR count). The normalized spacial score (nSPS) is 18.3. The number of nitrogens with zero attached hydrogens (tertiary/aromatic N) is 1. The summed E-state index contributed by atoms with van der Waals surface area (Å²) < 4.78 is 28.2. The number of hydrogen-bond acceptors (Lipinski definition) is 3. The predicted molar refractivity (Wildman–Crippen MR) is 101 cm³/mol. The maximum Gasteiger partial charge on any atom is 0.323 e. The molecular formula is C20H12ClF2N3O3. The number of urea groups is 1. The predicted octanol–water partition coefficient (Wildman–Crippen LogP) is 2.91. The van der Waals surface area contributed by atoms with E-state index in [2.05, 4.69) is 22.5 Å². The van der Waals surface area contributed by atoms with Gasteiger partial charge in [-0.2, -0.15) is 0 Å². The Morgan fingerprint density at radius 1 is 1.14 bits per heavy atom. The van der Waals surface area contributed by atoms with Gasteiger partial charge in [0.1, 0.15) is 11.6 Å². The highest BCUT2D eigenvalue weighted by molar-refractivity contribution is 6.31. The van der Waals surface area contributed by atoms with Gasteiger partial charge < -0.3 is 15.0 Å². The van der Waals surface area contributed by atoms with E-state index in [0.717, 1.165) is 12.1 Å². The molecule has 1 atom stereocenters. The minimum Gasteiger partial charge on any atom is -0.494 e. The molecule has 1 fully saturated rings. The maximum atomic E-state index is 13.4. The number of nitrogens with one attached hydrogen (secondary N) is 2. The monoisotopic (exact) mass is 415 g/mol. The fraction of sp³-hybridized carbons (Fsp3) is 0.100. The van der Waals surface area contributed by atoms with Gasteiger partial charge >= 0.3 is 6.03 Å². The average Bonchev–Trinajstić information content (AvgIpc) is 3.09. The summed E-state index contributed by atoms with van der Waals surface area (Å²) in [5.74, 6) is 2.54. The van der Waals surface area contributed by atoms with E-state index in [1.165, 1.54) is 4.57 Å². The Balaban J connectivity index is 1.78. The third kappa shape index (κ3) is 3.48. The van der Waals surface area contributed by atoms with Crippen molar-refractivity contribution in [2.24, 2.45) is 0 Å². The van der Waals surface area contributed by atoms with E-state index in [0.29, 0.717) is 21.9 Å². The maximum absolute atomic E-state index is 13.4. The lowest BCUT2D eigenvalue weighted by Crippen LogP contribution is -2.49. The van der Waals surface area contributed by atoms with Crippen LogP contribution in [0.5, 0.6) is 5.88 Å². The highest BCUT2D eigenvalue weighted by Crippen LogP contribution is 2.31. The largest absolute Gasteiger partial charge is 0.494 e. The van der Waals surface area contributed by atoms with Gasteiger partial charge in [-0.1, -0.05) is 29.5 Å². The highest BCUT2D eigenvalue weighted by Gasteiger charge is 2.46. The third-order valence-corrected chi connectivity index (χ3v) is 4.69. The number of amides is 3. The Morgan fingerprint density at radius 3 is 2.52 bits per heavy atom. The molecule has 0 bridgehead atoms. The summed E-state index contributed by atoms with van der Waals surface area (Å²) in [5, 5.41) is 16.6. The first-order valence-corrected chi connectivity index (χ1v) is 8.74. The molecule has 3 aromatic rings. The van der Waals surface area contributed by atoms with Crippen LogP contribution in [0.2, 0.25) is 5.02 Å². The van der Waals surface area contributed by atoms with Crippen molar-refractivity contribution in [2.45, 2.75) is 12.1 Å². The number of aromatic nitrogens is 1. The van der Waals surface area contributed by atoms with Crippen molar-refractivity contribution in [1.29, 1.82) is 0 Å². The molecular weight excluding hydrogens is 404 g/mol. The molecule has 0 aliphatic carbocycles.